The van der Waals surface area contributed by atoms with Gasteiger partial charge in [0.25, 0.3) is 0 Å². The lowest BCUT2D eigenvalue weighted by Gasteiger charge is -2.21. The molecule has 0 aromatic heterocycles. The van der Waals surface area contributed by atoms with Crippen LogP contribution in [0.3, 0.4) is 0 Å². The first-order valence-electron chi connectivity index (χ1n) is 7.48. The van der Waals surface area contributed by atoms with Gasteiger partial charge in [-0.1, -0.05) is 18.2 Å². The molecule has 2 fully saturated rings. The number of hydrogen-bond donors (Lipinski definition) is 1. The van der Waals surface area contributed by atoms with Gasteiger partial charge in [-0.2, -0.15) is 0 Å². The lowest BCUT2D eigenvalue weighted by atomic mass is 10.1. The maximum atomic E-state index is 10.7. The fraction of sp³-hybridized carbons (Fsp3) is 0.562. The lowest BCUT2D eigenvalue weighted by molar-refractivity contribution is -0.139. The molecular weight excluding hydrogens is 268 g/mol. The molecule has 0 aliphatic carbocycles. The van der Waals surface area contributed by atoms with Gasteiger partial charge in [0, 0.05) is 31.2 Å². The normalized spacial score (nSPS) is 26.0. The van der Waals surface area contributed by atoms with Gasteiger partial charge in [0.2, 0.25) is 0 Å². The summed E-state index contributed by atoms with van der Waals surface area (Å²) in [5.41, 5.74) is 1.07. The maximum Gasteiger partial charge on any atom is 0.341 e. The van der Waals surface area contributed by atoms with E-state index in [1.807, 2.05) is 24.3 Å². The second kappa shape index (κ2) is 6.03. The molecule has 0 saturated carbocycles. The molecule has 2 aliphatic heterocycles. The van der Waals surface area contributed by atoms with E-state index in [1.54, 1.807) is 0 Å². The standard InChI is InChI=1S/C16H22N2O3/c1-17-7-6-12-8-18(10-14(12)17)9-13-4-2-3-5-15(13)21-11-16(19)20/h2-5,12,14H,6-11H2,1H3,(H,19,20)/t12-,14+/m1/s1. The Hall–Kier alpha value is -1.59. The van der Waals surface area contributed by atoms with E-state index in [0.717, 1.165) is 31.1 Å². The van der Waals surface area contributed by atoms with E-state index in [0.29, 0.717) is 11.8 Å². The Bertz CT molecular complexity index is 520. The van der Waals surface area contributed by atoms with Crippen LogP contribution in [0.1, 0.15) is 12.0 Å². The second-order valence-electron chi connectivity index (χ2n) is 6.08. The van der Waals surface area contributed by atoms with Crippen LogP contribution in [0.5, 0.6) is 5.75 Å². The van der Waals surface area contributed by atoms with E-state index in [1.165, 1.54) is 13.0 Å². The zero-order chi connectivity index (χ0) is 14.8. The number of benzene rings is 1. The Morgan fingerprint density at radius 2 is 2.19 bits per heavy atom. The number of fused-ring (bicyclic) bond motifs is 1. The van der Waals surface area contributed by atoms with Gasteiger partial charge in [0.15, 0.2) is 6.61 Å². The Kier molecular flexibility index (Phi) is 4.12. The van der Waals surface area contributed by atoms with Crippen LogP contribution in [0.25, 0.3) is 0 Å². The minimum atomic E-state index is -0.942. The summed E-state index contributed by atoms with van der Waals surface area (Å²) in [5.74, 6) is 0.523. The summed E-state index contributed by atoms with van der Waals surface area (Å²) in [4.78, 5) is 15.6. The van der Waals surface area contributed by atoms with Gasteiger partial charge in [-0.3, -0.25) is 4.90 Å². The molecule has 5 heteroatoms. The number of carbonyl (C=O) groups is 1. The molecule has 0 bridgehead atoms. The highest BCUT2D eigenvalue weighted by Gasteiger charge is 2.39. The minimum Gasteiger partial charge on any atom is -0.482 e. The van der Waals surface area contributed by atoms with Crippen molar-refractivity contribution in [1.82, 2.24) is 9.80 Å². The third kappa shape index (κ3) is 3.19. The van der Waals surface area contributed by atoms with E-state index < -0.39 is 5.97 Å². The van der Waals surface area contributed by atoms with Crippen LogP contribution in [0.2, 0.25) is 0 Å². The molecule has 0 spiro atoms. The Balaban J connectivity index is 1.64. The summed E-state index contributed by atoms with van der Waals surface area (Å²) in [6, 6.07) is 8.41. The highest BCUT2D eigenvalue weighted by molar-refractivity contribution is 5.68. The SMILES string of the molecule is CN1CC[C@@H]2CN(Cc3ccccc3OCC(=O)O)C[C@@H]21. The number of likely N-dealkylation sites (N-methyl/N-ethyl adjacent to an activating group) is 1. The second-order valence-corrected chi connectivity index (χ2v) is 6.08. The van der Waals surface area contributed by atoms with Gasteiger partial charge >= 0.3 is 5.97 Å². The van der Waals surface area contributed by atoms with Gasteiger partial charge in [-0.15, -0.1) is 0 Å². The molecule has 2 saturated heterocycles. The smallest absolute Gasteiger partial charge is 0.341 e. The average molecular weight is 290 g/mol. The highest BCUT2D eigenvalue weighted by atomic mass is 16.5. The first-order chi connectivity index (χ1) is 10.1. The zero-order valence-corrected chi connectivity index (χ0v) is 12.4. The fourth-order valence-corrected chi connectivity index (χ4v) is 3.54. The number of ether oxygens (including phenoxy) is 1. The van der Waals surface area contributed by atoms with Crippen molar-refractivity contribution in [2.75, 3.05) is 33.3 Å². The zero-order valence-electron chi connectivity index (χ0n) is 12.4. The van der Waals surface area contributed by atoms with Crippen molar-refractivity contribution >= 4 is 5.97 Å². The number of rotatable bonds is 5. The summed E-state index contributed by atoms with van der Waals surface area (Å²) in [6.45, 7) is 3.97. The summed E-state index contributed by atoms with van der Waals surface area (Å²) >= 11 is 0. The predicted molar refractivity (Wildman–Crippen MR) is 79.4 cm³/mol. The molecule has 0 amide bonds. The molecule has 1 N–H and O–H groups in total. The molecule has 2 atom stereocenters. The van der Waals surface area contributed by atoms with Crippen LogP contribution in [0.15, 0.2) is 24.3 Å². The van der Waals surface area contributed by atoms with E-state index in [2.05, 4.69) is 16.8 Å². The molecule has 2 heterocycles. The van der Waals surface area contributed by atoms with Crippen molar-refractivity contribution in [3.63, 3.8) is 0 Å². The molecule has 21 heavy (non-hydrogen) atoms. The molecule has 0 radical (unpaired) electrons. The first-order valence-corrected chi connectivity index (χ1v) is 7.48. The molecule has 3 rings (SSSR count). The van der Waals surface area contributed by atoms with Gasteiger partial charge in [-0.25, -0.2) is 4.79 Å². The average Bonchev–Trinajstić information content (AvgIpc) is 3.00. The van der Waals surface area contributed by atoms with E-state index in [9.17, 15) is 4.79 Å². The van der Waals surface area contributed by atoms with Crippen LogP contribution < -0.4 is 4.74 Å². The summed E-state index contributed by atoms with van der Waals surface area (Å²) < 4.78 is 5.39. The summed E-state index contributed by atoms with van der Waals surface area (Å²) in [5, 5.41) is 8.75. The van der Waals surface area contributed by atoms with Crippen molar-refractivity contribution in [3.8, 4) is 5.75 Å². The fourth-order valence-electron chi connectivity index (χ4n) is 3.54. The Morgan fingerprint density at radius 1 is 1.38 bits per heavy atom. The molecule has 0 unspecified atom stereocenters. The number of hydrogen-bond acceptors (Lipinski definition) is 4. The first kappa shape index (κ1) is 14.4. The van der Waals surface area contributed by atoms with Crippen LogP contribution >= 0.6 is 0 Å². The van der Waals surface area contributed by atoms with Crippen LogP contribution in [0, 0.1) is 5.92 Å². The largest absolute Gasteiger partial charge is 0.482 e. The summed E-state index contributed by atoms with van der Waals surface area (Å²) in [6.07, 6.45) is 1.29. The maximum absolute atomic E-state index is 10.7. The van der Waals surface area contributed by atoms with Crippen molar-refractivity contribution in [2.24, 2.45) is 5.92 Å². The lowest BCUT2D eigenvalue weighted by Crippen LogP contribution is -2.32. The summed E-state index contributed by atoms with van der Waals surface area (Å²) in [7, 11) is 2.21. The molecule has 1 aromatic rings. The topological polar surface area (TPSA) is 53.0 Å². The third-order valence-corrected chi connectivity index (χ3v) is 4.62. The minimum absolute atomic E-state index is 0.287. The Morgan fingerprint density at radius 3 is 2.95 bits per heavy atom. The number of aliphatic carboxylic acids is 1. The quantitative estimate of drug-likeness (QED) is 0.885. The predicted octanol–water partition coefficient (Wildman–Crippen LogP) is 1.29. The van der Waals surface area contributed by atoms with E-state index in [4.69, 9.17) is 9.84 Å². The van der Waals surface area contributed by atoms with Gasteiger partial charge in [0.05, 0.1) is 0 Å². The van der Waals surface area contributed by atoms with Crippen molar-refractivity contribution < 1.29 is 14.6 Å². The number of para-hydroxylation sites is 1. The van der Waals surface area contributed by atoms with Gasteiger partial charge in [0.1, 0.15) is 5.75 Å². The van der Waals surface area contributed by atoms with Crippen LogP contribution in [-0.4, -0.2) is 60.2 Å². The number of nitrogens with zero attached hydrogens (tertiary/aromatic N) is 2. The molecular formula is C16H22N2O3. The van der Waals surface area contributed by atoms with E-state index in [-0.39, 0.29) is 6.61 Å². The number of likely N-dealkylation sites (tertiary alicyclic amines) is 2. The number of carboxylic acids is 1. The number of carboxylic acid groups (broad SMARTS) is 1. The van der Waals surface area contributed by atoms with Crippen LogP contribution in [-0.2, 0) is 11.3 Å². The molecule has 5 nitrogen and oxygen atoms in total. The highest BCUT2D eigenvalue weighted by Crippen LogP contribution is 2.32. The van der Waals surface area contributed by atoms with Crippen molar-refractivity contribution in [1.29, 1.82) is 0 Å². The van der Waals surface area contributed by atoms with Gasteiger partial charge in [-0.05, 0) is 32.0 Å². The third-order valence-electron chi connectivity index (χ3n) is 4.62. The van der Waals surface area contributed by atoms with E-state index >= 15 is 0 Å². The Labute approximate surface area is 125 Å². The molecule has 2 aliphatic rings. The molecule has 1 aromatic carbocycles. The van der Waals surface area contributed by atoms with Crippen LogP contribution in [0.4, 0.5) is 0 Å². The molecule has 114 valence electrons. The van der Waals surface area contributed by atoms with Gasteiger partial charge < -0.3 is 14.7 Å². The van der Waals surface area contributed by atoms with Crippen molar-refractivity contribution in [2.45, 2.75) is 19.0 Å². The monoisotopic (exact) mass is 290 g/mol. The van der Waals surface area contributed by atoms with Crippen molar-refractivity contribution in [3.05, 3.63) is 29.8 Å².